The molecule has 3 fully saturated rings. The molecular formula is C26H27BrN2OS. The van der Waals surface area contributed by atoms with Crippen molar-refractivity contribution in [2.75, 3.05) is 18.0 Å². The Kier molecular flexibility index (Phi) is 4.52. The smallest absolute Gasteiger partial charge is 0.185 e. The van der Waals surface area contributed by atoms with Gasteiger partial charge in [-0.25, -0.2) is 4.98 Å². The minimum absolute atomic E-state index is 0.557. The molecule has 3 aliphatic rings. The van der Waals surface area contributed by atoms with Crippen molar-refractivity contribution in [3.8, 4) is 17.0 Å². The van der Waals surface area contributed by atoms with Crippen LogP contribution >= 0.6 is 27.3 Å². The van der Waals surface area contributed by atoms with E-state index in [2.05, 4.69) is 83.4 Å². The van der Waals surface area contributed by atoms with Crippen LogP contribution in [-0.2, 0) is 6.61 Å². The van der Waals surface area contributed by atoms with Crippen LogP contribution in [0.15, 0.2) is 46.3 Å². The van der Waals surface area contributed by atoms with E-state index in [4.69, 9.17) is 9.72 Å². The largest absolute Gasteiger partial charge is 0.488 e. The van der Waals surface area contributed by atoms with Crippen molar-refractivity contribution in [3.05, 3.63) is 62.9 Å². The number of ether oxygens (including phenoxy) is 1. The number of aromatic nitrogens is 1. The van der Waals surface area contributed by atoms with Gasteiger partial charge in [0.25, 0.3) is 0 Å². The fraction of sp³-hybridized carbons (Fsp3) is 0.423. The molecule has 2 saturated carbocycles. The van der Waals surface area contributed by atoms with Crippen LogP contribution in [-0.4, -0.2) is 18.1 Å². The zero-order valence-electron chi connectivity index (χ0n) is 18.2. The summed E-state index contributed by atoms with van der Waals surface area (Å²) in [7, 11) is 0. The lowest BCUT2D eigenvalue weighted by molar-refractivity contribution is 0.126. The molecule has 31 heavy (non-hydrogen) atoms. The fourth-order valence-corrected chi connectivity index (χ4v) is 7.41. The summed E-state index contributed by atoms with van der Waals surface area (Å²) in [5, 5.41) is 3.38. The summed E-state index contributed by atoms with van der Waals surface area (Å²) in [6.45, 7) is 9.65. The second-order valence-electron chi connectivity index (χ2n) is 9.76. The highest BCUT2D eigenvalue weighted by atomic mass is 79.9. The molecular weight excluding hydrogens is 468 g/mol. The standard InChI is InChI=1S/C26H27BrN2OS/c1-15-4-7-24(30-12-18-5-6-19(27)9-16(18)2)20(8-15)23-13-31-25(28-23)29-11-22-17(3)21-10-26(21,22)14-29/h4-9,13,17,21-22H,10-12,14H2,1-3H3. The predicted molar refractivity (Wildman–Crippen MR) is 131 cm³/mol. The minimum Gasteiger partial charge on any atom is -0.488 e. The van der Waals surface area contributed by atoms with Gasteiger partial charge in [-0.05, 0) is 78.8 Å². The number of benzene rings is 2. The number of halogens is 1. The summed E-state index contributed by atoms with van der Waals surface area (Å²) in [5.74, 6) is 3.68. The number of aryl methyl sites for hydroxylation is 2. The molecule has 3 nitrogen and oxygen atoms in total. The lowest BCUT2D eigenvalue weighted by atomic mass is 9.68. The second-order valence-corrected chi connectivity index (χ2v) is 11.5. The zero-order chi connectivity index (χ0) is 21.3. The van der Waals surface area contributed by atoms with Gasteiger partial charge in [-0.15, -0.1) is 11.3 Å². The molecule has 2 aromatic carbocycles. The van der Waals surface area contributed by atoms with Crippen LogP contribution in [0, 0.1) is 37.0 Å². The quantitative estimate of drug-likeness (QED) is 0.387. The first-order valence-electron chi connectivity index (χ1n) is 11.1. The van der Waals surface area contributed by atoms with E-state index in [0.29, 0.717) is 12.0 Å². The highest BCUT2D eigenvalue weighted by molar-refractivity contribution is 9.10. The normalized spacial score (nSPS) is 28.1. The van der Waals surface area contributed by atoms with Gasteiger partial charge >= 0.3 is 0 Å². The summed E-state index contributed by atoms with van der Waals surface area (Å²) in [5.41, 5.74) is 6.43. The molecule has 1 aliphatic heterocycles. The fourth-order valence-electron chi connectivity index (χ4n) is 6.10. The Morgan fingerprint density at radius 2 is 2.06 bits per heavy atom. The van der Waals surface area contributed by atoms with E-state index >= 15 is 0 Å². The molecule has 6 rings (SSSR count). The molecule has 160 valence electrons. The Bertz CT molecular complexity index is 1170. The average Bonchev–Trinajstić information content (AvgIpc) is 3.02. The van der Waals surface area contributed by atoms with E-state index in [0.717, 1.165) is 39.2 Å². The third kappa shape index (κ3) is 3.15. The van der Waals surface area contributed by atoms with Gasteiger partial charge in [-0.3, -0.25) is 0 Å². The summed E-state index contributed by atoms with van der Waals surface area (Å²) in [6, 6.07) is 12.7. The first kappa shape index (κ1) is 19.8. The topological polar surface area (TPSA) is 25.4 Å². The van der Waals surface area contributed by atoms with Crippen LogP contribution < -0.4 is 9.64 Å². The van der Waals surface area contributed by atoms with Crippen LogP contribution in [0.4, 0.5) is 5.13 Å². The van der Waals surface area contributed by atoms with E-state index in [9.17, 15) is 0 Å². The predicted octanol–water partition coefficient (Wildman–Crippen LogP) is 6.86. The Labute approximate surface area is 196 Å². The van der Waals surface area contributed by atoms with Crippen molar-refractivity contribution in [2.45, 2.75) is 33.8 Å². The number of thiazole rings is 1. The van der Waals surface area contributed by atoms with Crippen LogP contribution in [0.2, 0.25) is 0 Å². The average molecular weight is 495 g/mol. The molecule has 3 aromatic rings. The van der Waals surface area contributed by atoms with E-state index in [1.807, 2.05) is 0 Å². The molecule has 0 bridgehead atoms. The maximum atomic E-state index is 6.30. The van der Waals surface area contributed by atoms with Gasteiger partial charge in [0.05, 0.1) is 5.69 Å². The third-order valence-electron chi connectivity index (χ3n) is 7.95. The molecule has 4 unspecified atom stereocenters. The van der Waals surface area contributed by atoms with Gasteiger partial charge in [0, 0.05) is 28.5 Å². The molecule has 1 aromatic heterocycles. The van der Waals surface area contributed by atoms with Gasteiger partial charge in [0.1, 0.15) is 12.4 Å². The molecule has 4 atom stereocenters. The first-order chi connectivity index (χ1) is 14.9. The van der Waals surface area contributed by atoms with Crippen molar-refractivity contribution >= 4 is 32.4 Å². The molecule has 1 spiro atoms. The molecule has 2 aliphatic carbocycles. The highest BCUT2D eigenvalue weighted by Crippen LogP contribution is 2.76. The molecule has 2 heterocycles. The number of hydrogen-bond donors (Lipinski definition) is 0. The van der Waals surface area contributed by atoms with Gasteiger partial charge in [0.2, 0.25) is 0 Å². The second kappa shape index (κ2) is 7.08. The van der Waals surface area contributed by atoms with Crippen molar-refractivity contribution < 1.29 is 4.74 Å². The van der Waals surface area contributed by atoms with Crippen LogP contribution in [0.3, 0.4) is 0 Å². The lowest BCUT2D eigenvalue weighted by Crippen LogP contribution is -2.35. The van der Waals surface area contributed by atoms with E-state index in [-0.39, 0.29) is 0 Å². The van der Waals surface area contributed by atoms with Gasteiger partial charge < -0.3 is 9.64 Å². The first-order valence-corrected chi connectivity index (χ1v) is 12.8. The van der Waals surface area contributed by atoms with E-state index < -0.39 is 0 Å². The molecule has 0 amide bonds. The van der Waals surface area contributed by atoms with Crippen molar-refractivity contribution in [1.82, 2.24) is 4.98 Å². The summed E-state index contributed by atoms with van der Waals surface area (Å²) in [4.78, 5) is 7.62. The highest BCUT2D eigenvalue weighted by Gasteiger charge is 2.74. The minimum atomic E-state index is 0.557. The van der Waals surface area contributed by atoms with Crippen LogP contribution in [0.1, 0.15) is 30.0 Å². The van der Waals surface area contributed by atoms with Gasteiger partial charge in [0.15, 0.2) is 5.13 Å². The van der Waals surface area contributed by atoms with E-state index in [1.165, 1.54) is 41.3 Å². The van der Waals surface area contributed by atoms with Crippen LogP contribution in [0.25, 0.3) is 11.3 Å². The lowest BCUT2D eigenvalue weighted by Gasteiger charge is -2.35. The maximum absolute atomic E-state index is 6.30. The van der Waals surface area contributed by atoms with Gasteiger partial charge in [-0.2, -0.15) is 0 Å². The van der Waals surface area contributed by atoms with Crippen molar-refractivity contribution in [2.24, 2.45) is 23.2 Å². The maximum Gasteiger partial charge on any atom is 0.185 e. The Morgan fingerprint density at radius 3 is 2.84 bits per heavy atom. The monoisotopic (exact) mass is 494 g/mol. The third-order valence-corrected chi connectivity index (χ3v) is 9.34. The molecule has 0 N–H and O–H groups in total. The molecule has 0 radical (unpaired) electrons. The zero-order valence-corrected chi connectivity index (χ0v) is 20.6. The number of rotatable bonds is 5. The SMILES string of the molecule is Cc1ccc(OCc2ccc(Br)cc2C)c(-c2csc(N3CC4C(C)C5CC45C3)n2)c1. The van der Waals surface area contributed by atoms with E-state index in [1.54, 1.807) is 11.3 Å². The number of nitrogens with zero attached hydrogens (tertiary/aromatic N) is 2. The number of hydrogen-bond acceptors (Lipinski definition) is 4. The van der Waals surface area contributed by atoms with Crippen molar-refractivity contribution in [1.29, 1.82) is 0 Å². The summed E-state index contributed by atoms with van der Waals surface area (Å²) >= 11 is 5.32. The molecule has 1 saturated heterocycles. The summed E-state index contributed by atoms with van der Waals surface area (Å²) in [6.07, 6.45) is 1.44. The Morgan fingerprint density at radius 1 is 1.19 bits per heavy atom. The molecule has 5 heteroatoms. The Balaban J connectivity index is 1.24. The number of anilines is 1. The van der Waals surface area contributed by atoms with Gasteiger partial charge in [-0.1, -0.05) is 40.5 Å². The van der Waals surface area contributed by atoms with Crippen molar-refractivity contribution in [3.63, 3.8) is 0 Å². The van der Waals surface area contributed by atoms with Crippen LogP contribution in [0.5, 0.6) is 5.75 Å². The Hall–Kier alpha value is -1.85. The summed E-state index contributed by atoms with van der Waals surface area (Å²) < 4.78 is 7.40.